The fourth-order valence-electron chi connectivity index (χ4n) is 4.42. The van der Waals surface area contributed by atoms with Gasteiger partial charge in [0.25, 0.3) is 5.91 Å². The average molecular weight is 497 g/mol. The van der Waals surface area contributed by atoms with E-state index in [1.807, 2.05) is 12.1 Å². The van der Waals surface area contributed by atoms with E-state index in [0.717, 1.165) is 40.5 Å². The molecule has 0 unspecified atom stereocenters. The van der Waals surface area contributed by atoms with E-state index in [1.165, 1.54) is 11.0 Å². The normalized spacial score (nSPS) is 19.0. The lowest BCUT2D eigenvalue weighted by Gasteiger charge is -2.29. The third-order valence-electron chi connectivity index (χ3n) is 6.00. The number of esters is 1. The number of carbonyl (C=O) groups excluding carboxylic acids is 2. The summed E-state index contributed by atoms with van der Waals surface area (Å²) in [6.07, 6.45) is -2.93. The van der Waals surface area contributed by atoms with Crippen LogP contribution in [0.2, 0.25) is 0 Å². The molecule has 34 heavy (non-hydrogen) atoms. The van der Waals surface area contributed by atoms with E-state index >= 15 is 0 Å². The van der Waals surface area contributed by atoms with Crippen molar-refractivity contribution in [2.24, 2.45) is 0 Å². The van der Waals surface area contributed by atoms with Crippen LogP contribution >= 0.6 is 0 Å². The number of hydrogen-bond donors (Lipinski definition) is 0. The molecule has 2 aromatic carbocycles. The van der Waals surface area contributed by atoms with Gasteiger partial charge in [-0.3, -0.25) is 9.59 Å². The largest absolute Gasteiger partial charge is 0.454 e. The molecule has 2 aliphatic rings. The number of amides is 1. The number of nitrogens with zero attached hydrogens (tertiary/aromatic N) is 2. The smallest absolute Gasteiger partial charge is 0.417 e. The molecule has 4 rings (SSSR count). The van der Waals surface area contributed by atoms with Gasteiger partial charge < -0.3 is 9.64 Å². The number of carbonyl (C=O) groups is 2. The number of aryl methyl sites for hydroxylation is 1. The van der Waals surface area contributed by atoms with Gasteiger partial charge in [-0.1, -0.05) is 30.3 Å². The number of alkyl halides is 3. The molecule has 1 saturated heterocycles. The molecule has 2 heterocycles. The van der Waals surface area contributed by atoms with Crippen LogP contribution in [0.15, 0.2) is 53.4 Å². The van der Waals surface area contributed by atoms with Gasteiger partial charge in [0.2, 0.25) is 10.0 Å². The standard InChI is InChI=1S/C23H23F3N2O5S/c24-23(25,26)17-9-2-4-12-20(17)34(31,32)28-14-6-11-19(28)22(30)33-15-21(29)27-13-5-8-16-7-1-3-10-18(16)27/h1-4,7,9-10,12,19H,5-6,8,11,13-15H2/t19-/m1/s1. The molecule has 182 valence electrons. The second-order valence-corrected chi connectivity index (χ2v) is 10.0. The number of halogens is 3. The summed E-state index contributed by atoms with van der Waals surface area (Å²) in [6.45, 7) is -0.246. The Labute approximate surface area is 195 Å². The fraction of sp³-hybridized carbons (Fsp3) is 0.391. The van der Waals surface area contributed by atoms with E-state index in [-0.39, 0.29) is 19.4 Å². The molecular weight excluding hydrogens is 473 g/mol. The first-order valence-electron chi connectivity index (χ1n) is 10.8. The van der Waals surface area contributed by atoms with Gasteiger partial charge in [0.1, 0.15) is 6.04 Å². The fourth-order valence-corrected chi connectivity index (χ4v) is 6.28. The molecule has 2 aromatic rings. The van der Waals surface area contributed by atoms with Crippen LogP contribution in [0.25, 0.3) is 0 Å². The van der Waals surface area contributed by atoms with Crippen LogP contribution in [0.1, 0.15) is 30.4 Å². The lowest BCUT2D eigenvalue weighted by atomic mass is 10.0. The van der Waals surface area contributed by atoms with Crippen LogP contribution in [0.3, 0.4) is 0 Å². The van der Waals surface area contributed by atoms with Crippen molar-refractivity contribution >= 4 is 27.6 Å². The number of hydrogen-bond acceptors (Lipinski definition) is 5. The van der Waals surface area contributed by atoms with E-state index in [0.29, 0.717) is 12.6 Å². The molecule has 0 spiro atoms. The minimum atomic E-state index is -4.88. The quantitative estimate of drug-likeness (QED) is 0.593. The van der Waals surface area contributed by atoms with Crippen molar-refractivity contribution in [3.05, 3.63) is 59.7 Å². The Morgan fingerprint density at radius 3 is 2.47 bits per heavy atom. The van der Waals surface area contributed by atoms with Gasteiger partial charge in [-0.15, -0.1) is 0 Å². The summed E-state index contributed by atoms with van der Waals surface area (Å²) in [5.41, 5.74) is 0.446. The number of fused-ring (bicyclic) bond motifs is 1. The molecule has 11 heteroatoms. The van der Waals surface area contributed by atoms with Crippen molar-refractivity contribution in [1.82, 2.24) is 4.31 Å². The molecule has 0 saturated carbocycles. The Balaban J connectivity index is 1.48. The Morgan fingerprint density at radius 1 is 1.00 bits per heavy atom. The highest BCUT2D eigenvalue weighted by molar-refractivity contribution is 7.89. The molecule has 0 bridgehead atoms. The summed E-state index contributed by atoms with van der Waals surface area (Å²) >= 11 is 0. The maximum atomic E-state index is 13.4. The van der Waals surface area contributed by atoms with Crippen molar-refractivity contribution in [2.75, 3.05) is 24.6 Å². The summed E-state index contributed by atoms with van der Waals surface area (Å²) < 4.78 is 72.2. The second kappa shape index (κ2) is 9.38. The molecule has 1 fully saturated rings. The second-order valence-electron chi connectivity index (χ2n) is 8.15. The third kappa shape index (κ3) is 4.67. The van der Waals surface area contributed by atoms with Gasteiger partial charge in [0, 0.05) is 18.8 Å². The lowest BCUT2D eigenvalue weighted by molar-refractivity contribution is -0.151. The van der Waals surface area contributed by atoms with E-state index in [9.17, 15) is 31.2 Å². The van der Waals surface area contributed by atoms with E-state index < -0.39 is 51.2 Å². The molecular formula is C23H23F3N2O5S. The molecule has 0 radical (unpaired) electrons. The van der Waals surface area contributed by atoms with Gasteiger partial charge in [-0.2, -0.15) is 17.5 Å². The molecule has 2 aliphatic heterocycles. The first kappa shape index (κ1) is 24.2. The predicted octanol–water partition coefficient (Wildman–Crippen LogP) is 3.38. The van der Waals surface area contributed by atoms with Crippen LogP contribution in [0, 0.1) is 0 Å². The zero-order valence-electron chi connectivity index (χ0n) is 18.1. The van der Waals surface area contributed by atoms with E-state index in [4.69, 9.17) is 4.74 Å². The van der Waals surface area contributed by atoms with Crippen LogP contribution in [0.5, 0.6) is 0 Å². The number of anilines is 1. The molecule has 1 atom stereocenters. The topological polar surface area (TPSA) is 84.0 Å². The summed E-state index contributed by atoms with van der Waals surface area (Å²) in [5.74, 6) is -1.40. The SMILES string of the molecule is O=C(OCC(=O)N1CCCc2ccccc21)[C@H]1CCCN1S(=O)(=O)c1ccccc1C(F)(F)F. The molecule has 0 aliphatic carbocycles. The number of benzene rings is 2. The van der Waals surface area contributed by atoms with Crippen LogP contribution in [0.4, 0.5) is 18.9 Å². The predicted molar refractivity (Wildman–Crippen MR) is 116 cm³/mol. The first-order valence-corrected chi connectivity index (χ1v) is 12.3. The van der Waals surface area contributed by atoms with E-state index in [2.05, 4.69) is 0 Å². The summed E-state index contributed by atoms with van der Waals surface area (Å²) in [5, 5.41) is 0. The van der Waals surface area contributed by atoms with Crippen molar-refractivity contribution in [1.29, 1.82) is 0 Å². The minimum Gasteiger partial charge on any atom is -0.454 e. The van der Waals surface area contributed by atoms with Gasteiger partial charge >= 0.3 is 12.1 Å². The third-order valence-corrected chi connectivity index (χ3v) is 7.97. The van der Waals surface area contributed by atoms with E-state index in [1.54, 1.807) is 12.1 Å². The number of sulfonamides is 1. The average Bonchev–Trinajstić information content (AvgIpc) is 3.32. The molecule has 1 amide bonds. The summed E-state index contributed by atoms with van der Waals surface area (Å²) in [7, 11) is -4.63. The Kier molecular flexibility index (Phi) is 6.68. The number of para-hydroxylation sites is 1. The number of ether oxygens (including phenoxy) is 1. The molecule has 0 aromatic heterocycles. The zero-order valence-corrected chi connectivity index (χ0v) is 18.9. The number of rotatable bonds is 5. The van der Waals surface area contributed by atoms with Crippen LogP contribution in [-0.2, 0) is 36.9 Å². The summed E-state index contributed by atoms with van der Waals surface area (Å²) in [4.78, 5) is 26.1. The van der Waals surface area contributed by atoms with Crippen molar-refractivity contribution < 1.29 is 35.9 Å². The van der Waals surface area contributed by atoms with Crippen molar-refractivity contribution in [2.45, 2.75) is 42.8 Å². The van der Waals surface area contributed by atoms with Gasteiger partial charge in [0.05, 0.1) is 10.5 Å². The Morgan fingerprint density at radius 2 is 1.71 bits per heavy atom. The maximum Gasteiger partial charge on any atom is 0.417 e. The highest BCUT2D eigenvalue weighted by Crippen LogP contribution is 2.37. The minimum absolute atomic E-state index is 0.0903. The monoisotopic (exact) mass is 496 g/mol. The first-order chi connectivity index (χ1) is 16.1. The van der Waals surface area contributed by atoms with Gasteiger partial charge in [-0.05, 0) is 49.4 Å². The van der Waals surface area contributed by atoms with Crippen LogP contribution < -0.4 is 4.90 Å². The summed E-state index contributed by atoms with van der Waals surface area (Å²) in [6, 6.07) is 9.95. The highest BCUT2D eigenvalue weighted by Gasteiger charge is 2.44. The lowest BCUT2D eigenvalue weighted by Crippen LogP contribution is -2.44. The van der Waals surface area contributed by atoms with Gasteiger partial charge in [0.15, 0.2) is 6.61 Å². The van der Waals surface area contributed by atoms with Crippen LogP contribution in [-0.4, -0.2) is 50.3 Å². The van der Waals surface area contributed by atoms with Crippen molar-refractivity contribution in [3.63, 3.8) is 0 Å². The van der Waals surface area contributed by atoms with Gasteiger partial charge in [-0.25, -0.2) is 8.42 Å². The maximum absolute atomic E-state index is 13.4. The van der Waals surface area contributed by atoms with Crippen molar-refractivity contribution in [3.8, 4) is 0 Å². The molecule has 7 nitrogen and oxygen atoms in total. The highest BCUT2D eigenvalue weighted by atomic mass is 32.2. The zero-order chi connectivity index (χ0) is 24.5. The Bertz CT molecular complexity index is 1200. The molecule has 0 N–H and O–H groups in total. The Hall–Kier alpha value is -2.92.